The van der Waals surface area contributed by atoms with Crippen LogP contribution in [0.25, 0.3) is 0 Å². The van der Waals surface area contributed by atoms with E-state index in [4.69, 9.17) is 4.74 Å². The van der Waals surface area contributed by atoms with Gasteiger partial charge in [-0.2, -0.15) is 5.10 Å². The van der Waals surface area contributed by atoms with Gasteiger partial charge in [-0.15, -0.1) is 0 Å². The van der Waals surface area contributed by atoms with Crippen LogP contribution in [0.2, 0.25) is 0 Å². The molecule has 1 aromatic carbocycles. The van der Waals surface area contributed by atoms with Gasteiger partial charge in [0.1, 0.15) is 11.4 Å². The molecule has 2 aromatic rings. The zero-order chi connectivity index (χ0) is 17.7. The monoisotopic (exact) mass is 339 g/mol. The molecule has 1 aromatic heterocycles. The van der Waals surface area contributed by atoms with Crippen LogP contribution in [0.15, 0.2) is 30.3 Å². The molecule has 6 nitrogen and oxygen atoms in total. The lowest BCUT2D eigenvalue weighted by molar-refractivity contribution is 0.0924. The number of benzene rings is 1. The number of amides is 1. The maximum Gasteiger partial charge on any atom is 0.280 e. The van der Waals surface area contributed by atoms with Crippen molar-refractivity contribution in [3.05, 3.63) is 47.3 Å². The summed E-state index contributed by atoms with van der Waals surface area (Å²) in [6, 6.07) is 7.60. The highest BCUT2D eigenvalue weighted by atomic mass is 19.3. The molecule has 8 heteroatoms. The molecule has 1 atom stereocenters. The van der Waals surface area contributed by atoms with Crippen molar-refractivity contribution in [2.75, 3.05) is 13.7 Å². The first-order valence-electron chi connectivity index (χ1n) is 7.34. The summed E-state index contributed by atoms with van der Waals surface area (Å²) in [5.41, 5.74) is 0.343. The number of aliphatic hydroxyl groups excluding tert-OH is 1. The number of hydrogen-bond acceptors (Lipinski definition) is 4. The summed E-state index contributed by atoms with van der Waals surface area (Å²) >= 11 is 0. The molecular formula is C16H19F2N3O3. The molecule has 0 radical (unpaired) electrons. The number of halogens is 2. The quantitative estimate of drug-likeness (QED) is 0.811. The number of carbonyl (C=O) groups is 1. The zero-order valence-electron chi connectivity index (χ0n) is 13.4. The van der Waals surface area contributed by atoms with Gasteiger partial charge < -0.3 is 15.2 Å². The molecule has 0 fully saturated rings. The number of hydrogen-bond donors (Lipinski definition) is 2. The molecule has 1 amide bonds. The molecule has 0 aliphatic carbocycles. The van der Waals surface area contributed by atoms with Gasteiger partial charge in [-0.05, 0) is 30.2 Å². The van der Waals surface area contributed by atoms with Gasteiger partial charge in [-0.25, -0.2) is 8.78 Å². The summed E-state index contributed by atoms with van der Waals surface area (Å²) in [4.78, 5) is 12.3. The fourth-order valence-corrected chi connectivity index (χ4v) is 2.32. The molecule has 0 spiro atoms. The van der Waals surface area contributed by atoms with E-state index in [0.29, 0.717) is 5.75 Å². The molecule has 0 aliphatic heterocycles. The largest absolute Gasteiger partial charge is 0.497 e. The van der Waals surface area contributed by atoms with Crippen molar-refractivity contribution in [2.45, 2.75) is 18.9 Å². The van der Waals surface area contributed by atoms with E-state index >= 15 is 0 Å². The molecule has 0 saturated heterocycles. The first kappa shape index (κ1) is 17.9. The normalized spacial score (nSPS) is 12.2. The number of aliphatic hydroxyl groups is 1. The van der Waals surface area contributed by atoms with Crippen molar-refractivity contribution in [3.63, 3.8) is 0 Å². The van der Waals surface area contributed by atoms with Gasteiger partial charge in [-0.3, -0.25) is 9.48 Å². The minimum atomic E-state index is -2.71. The minimum absolute atomic E-state index is 0.0933. The third kappa shape index (κ3) is 4.08. The SMILES string of the molecule is COc1ccc(C(CCO)NC(=O)c2cc(C(F)F)n(C)n2)cc1. The molecule has 24 heavy (non-hydrogen) atoms. The summed E-state index contributed by atoms with van der Waals surface area (Å²) < 4.78 is 31.6. The first-order valence-corrected chi connectivity index (χ1v) is 7.34. The first-order chi connectivity index (χ1) is 11.5. The zero-order valence-corrected chi connectivity index (χ0v) is 13.4. The minimum Gasteiger partial charge on any atom is -0.497 e. The number of aromatic nitrogens is 2. The van der Waals surface area contributed by atoms with Crippen LogP contribution in [0.4, 0.5) is 8.78 Å². The van der Waals surface area contributed by atoms with Crippen molar-refractivity contribution in [1.29, 1.82) is 0 Å². The topological polar surface area (TPSA) is 76.4 Å². The van der Waals surface area contributed by atoms with Gasteiger partial charge in [0.2, 0.25) is 0 Å². The summed E-state index contributed by atoms with van der Waals surface area (Å²) in [6.07, 6.45) is -2.43. The van der Waals surface area contributed by atoms with Gasteiger partial charge in [0.25, 0.3) is 12.3 Å². The van der Waals surface area contributed by atoms with E-state index in [0.717, 1.165) is 16.3 Å². The highest BCUT2D eigenvalue weighted by Gasteiger charge is 2.21. The molecule has 130 valence electrons. The second-order valence-corrected chi connectivity index (χ2v) is 5.19. The van der Waals surface area contributed by atoms with Crippen molar-refractivity contribution < 1.29 is 23.4 Å². The van der Waals surface area contributed by atoms with E-state index in [1.807, 2.05) is 0 Å². The third-order valence-corrected chi connectivity index (χ3v) is 3.61. The van der Waals surface area contributed by atoms with Crippen LogP contribution in [0.1, 0.15) is 40.6 Å². The van der Waals surface area contributed by atoms with Gasteiger partial charge in [0, 0.05) is 13.7 Å². The Labute approximate surface area is 138 Å². The lowest BCUT2D eigenvalue weighted by Crippen LogP contribution is -2.29. The predicted molar refractivity (Wildman–Crippen MR) is 83.1 cm³/mol. The van der Waals surface area contributed by atoms with Crippen LogP contribution < -0.4 is 10.1 Å². The Morgan fingerprint density at radius 2 is 2.04 bits per heavy atom. The fraction of sp³-hybridized carbons (Fsp3) is 0.375. The van der Waals surface area contributed by atoms with Gasteiger partial charge in [-0.1, -0.05) is 12.1 Å². The molecule has 2 N–H and O–H groups in total. The predicted octanol–water partition coefficient (Wildman–Crippen LogP) is 2.22. The summed E-state index contributed by atoms with van der Waals surface area (Å²) in [5, 5.41) is 15.7. The number of nitrogens with zero attached hydrogens (tertiary/aromatic N) is 2. The van der Waals surface area contributed by atoms with Crippen molar-refractivity contribution >= 4 is 5.91 Å². The van der Waals surface area contributed by atoms with Crippen LogP contribution in [0.3, 0.4) is 0 Å². The van der Waals surface area contributed by atoms with Crippen molar-refractivity contribution in [2.24, 2.45) is 7.05 Å². The van der Waals surface area contributed by atoms with E-state index < -0.39 is 18.4 Å². The average Bonchev–Trinajstić information content (AvgIpc) is 2.97. The van der Waals surface area contributed by atoms with Gasteiger partial charge in [0.05, 0.1) is 13.2 Å². The fourth-order valence-electron chi connectivity index (χ4n) is 2.32. The Balaban J connectivity index is 2.17. The Morgan fingerprint density at radius 3 is 2.54 bits per heavy atom. The summed E-state index contributed by atoms with van der Waals surface area (Å²) in [6.45, 7) is -0.137. The average molecular weight is 339 g/mol. The highest BCUT2D eigenvalue weighted by Crippen LogP contribution is 2.22. The molecule has 0 saturated carbocycles. The third-order valence-electron chi connectivity index (χ3n) is 3.61. The number of aryl methyl sites for hydroxylation is 1. The van der Waals surface area contributed by atoms with Crippen LogP contribution in [-0.4, -0.2) is 34.5 Å². The highest BCUT2D eigenvalue weighted by molar-refractivity contribution is 5.92. The van der Waals surface area contributed by atoms with Gasteiger partial charge in [0.15, 0.2) is 5.69 Å². The molecule has 0 aliphatic rings. The molecule has 1 heterocycles. The summed E-state index contributed by atoms with van der Waals surface area (Å²) in [5.74, 6) is 0.0888. The number of ether oxygens (including phenoxy) is 1. The molecule has 1 unspecified atom stereocenters. The summed E-state index contributed by atoms with van der Waals surface area (Å²) in [7, 11) is 2.90. The molecular weight excluding hydrogens is 320 g/mol. The number of nitrogens with one attached hydrogen (secondary N) is 1. The Morgan fingerprint density at radius 1 is 1.38 bits per heavy atom. The smallest absolute Gasteiger partial charge is 0.280 e. The number of methoxy groups -OCH3 is 1. The molecule has 0 bridgehead atoms. The van der Waals surface area contributed by atoms with E-state index in [-0.39, 0.29) is 24.4 Å². The number of carbonyl (C=O) groups excluding carboxylic acids is 1. The Bertz CT molecular complexity index is 686. The van der Waals surface area contributed by atoms with E-state index in [9.17, 15) is 18.7 Å². The Hall–Kier alpha value is -2.48. The van der Waals surface area contributed by atoms with E-state index in [2.05, 4.69) is 10.4 Å². The standard InChI is InChI=1S/C16H19F2N3O3/c1-21-14(15(17)18)9-13(20-21)16(23)19-12(7-8-22)10-3-5-11(24-2)6-4-10/h3-6,9,12,15,22H,7-8H2,1-2H3,(H,19,23). The Kier molecular flexibility index (Phi) is 5.86. The van der Waals surface area contributed by atoms with Crippen LogP contribution in [0, 0.1) is 0 Å². The lowest BCUT2D eigenvalue weighted by atomic mass is 10.0. The van der Waals surface area contributed by atoms with Gasteiger partial charge >= 0.3 is 0 Å². The maximum atomic E-state index is 12.8. The molecule has 2 rings (SSSR count). The number of rotatable bonds is 7. The number of alkyl halides is 2. The lowest BCUT2D eigenvalue weighted by Gasteiger charge is -2.18. The van der Waals surface area contributed by atoms with Crippen LogP contribution >= 0.6 is 0 Å². The van der Waals surface area contributed by atoms with E-state index in [1.165, 1.54) is 7.05 Å². The van der Waals surface area contributed by atoms with E-state index in [1.54, 1.807) is 31.4 Å². The van der Waals surface area contributed by atoms with Crippen LogP contribution in [0.5, 0.6) is 5.75 Å². The second-order valence-electron chi connectivity index (χ2n) is 5.19. The maximum absolute atomic E-state index is 12.8. The van der Waals surface area contributed by atoms with Crippen LogP contribution in [-0.2, 0) is 7.05 Å². The second kappa shape index (κ2) is 7.87. The van der Waals surface area contributed by atoms with Crippen molar-refractivity contribution in [3.8, 4) is 5.75 Å². The van der Waals surface area contributed by atoms with Crippen molar-refractivity contribution in [1.82, 2.24) is 15.1 Å².